The molecule has 1 amide bonds. The molecule has 1 saturated carbocycles. The number of carbonyl (C=O) groups excluding carboxylic acids is 1. The minimum absolute atomic E-state index is 0.295. The Kier molecular flexibility index (Phi) is 5.85. The van der Waals surface area contributed by atoms with Crippen LogP contribution < -0.4 is 10.6 Å². The molecule has 0 saturated heterocycles. The maximum Gasteiger partial charge on any atom is 0.412 e. The molecule has 128 valence electrons. The summed E-state index contributed by atoms with van der Waals surface area (Å²) in [4.78, 5) is 11.8. The topological polar surface area (TPSA) is 50.4 Å². The first-order valence-electron chi connectivity index (χ1n) is 8.39. The minimum atomic E-state index is -0.564. The Morgan fingerprint density at radius 1 is 1.17 bits per heavy atom. The van der Waals surface area contributed by atoms with Crippen LogP contribution in [0.5, 0.6) is 0 Å². The number of hydrogen-bond acceptors (Lipinski definition) is 3. The van der Waals surface area contributed by atoms with Gasteiger partial charge in [0.05, 0.1) is 5.69 Å². The van der Waals surface area contributed by atoms with Gasteiger partial charge in [0.2, 0.25) is 0 Å². The Hall–Kier alpha value is -1.78. The van der Waals surface area contributed by atoms with Crippen LogP contribution in [0.1, 0.15) is 59.3 Å². The van der Waals surface area contributed by atoms with Crippen molar-refractivity contribution in [3.05, 3.63) is 24.0 Å². The third-order valence-electron chi connectivity index (χ3n) is 3.83. The molecule has 1 aromatic rings. The van der Waals surface area contributed by atoms with Gasteiger partial charge in [-0.05, 0) is 51.8 Å². The van der Waals surface area contributed by atoms with Crippen LogP contribution in [-0.2, 0) is 4.74 Å². The summed E-state index contributed by atoms with van der Waals surface area (Å²) >= 11 is 0. The monoisotopic (exact) mass is 322 g/mol. The van der Waals surface area contributed by atoms with Gasteiger partial charge in [-0.1, -0.05) is 25.7 Å². The number of benzene rings is 1. The molecule has 0 atom stereocenters. The van der Waals surface area contributed by atoms with Gasteiger partial charge in [0, 0.05) is 11.7 Å². The molecule has 2 N–H and O–H groups in total. The van der Waals surface area contributed by atoms with Gasteiger partial charge < -0.3 is 10.1 Å². The molecule has 0 heterocycles. The molecule has 1 aliphatic rings. The molecule has 0 spiro atoms. The number of halogens is 1. The lowest BCUT2D eigenvalue weighted by Gasteiger charge is -2.21. The smallest absolute Gasteiger partial charge is 0.412 e. The lowest BCUT2D eigenvalue weighted by Crippen LogP contribution is -2.27. The fourth-order valence-electron chi connectivity index (χ4n) is 2.78. The van der Waals surface area contributed by atoms with Gasteiger partial charge in [0.1, 0.15) is 11.4 Å². The molecule has 0 unspecified atom stereocenters. The van der Waals surface area contributed by atoms with E-state index in [2.05, 4.69) is 10.6 Å². The van der Waals surface area contributed by atoms with Crippen LogP contribution in [0.15, 0.2) is 18.2 Å². The second-order valence-electron chi connectivity index (χ2n) is 7.15. The number of hydrogen-bond donors (Lipinski definition) is 2. The molecule has 1 aliphatic carbocycles. The number of ether oxygens (including phenoxy) is 1. The molecule has 0 aromatic heterocycles. The zero-order valence-electron chi connectivity index (χ0n) is 14.2. The van der Waals surface area contributed by atoms with Gasteiger partial charge in [-0.15, -0.1) is 0 Å². The average Bonchev–Trinajstić information content (AvgIpc) is 2.69. The summed E-state index contributed by atoms with van der Waals surface area (Å²) in [6, 6.07) is 4.83. The molecule has 1 fully saturated rings. The van der Waals surface area contributed by atoms with Crippen molar-refractivity contribution in [1.82, 2.24) is 0 Å². The first-order valence-corrected chi connectivity index (χ1v) is 8.39. The predicted molar refractivity (Wildman–Crippen MR) is 91.4 cm³/mol. The second kappa shape index (κ2) is 7.66. The van der Waals surface area contributed by atoms with Crippen molar-refractivity contribution in [3.63, 3.8) is 0 Å². The van der Waals surface area contributed by atoms with E-state index in [0.29, 0.717) is 17.4 Å². The van der Waals surface area contributed by atoms with Gasteiger partial charge in [0.15, 0.2) is 0 Å². The molecule has 23 heavy (non-hydrogen) atoms. The third kappa shape index (κ3) is 6.08. The summed E-state index contributed by atoms with van der Waals surface area (Å²) in [6.45, 7) is 5.41. The Morgan fingerprint density at radius 3 is 2.43 bits per heavy atom. The Labute approximate surface area is 137 Å². The molecule has 0 bridgehead atoms. The molecule has 2 rings (SSSR count). The van der Waals surface area contributed by atoms with Crippen molar-refractivity contribution in [3.8, 4) is 0 Å². The Morgan fingerprint density at radius 2 is 1.83 bits per heavy atom. The van der Waals surface area contributed by atoms with Crippen molar-refractivity contribution >= 4 is 17.5 Å². The van der Waals surface area contributed by atoms with E-state index in [9.17, 15) is 9.18 Å². The van der Waals surface area contributed by atoms with Crippen molar-refractivity contribution in [2.75, 3.05) is 10.6 Å². The van der Waals surface area contributed by atoms with Crippen LogP contribution in [0.2, 0.25) is 0 Å². The maximum atomic E-state index is 14.0. The lowest BCUT2D eigenvalue weighted by atomic mass is 10.1. The molecular formula is C18H27FN2O2. The molecule has 4 nitrogen and oxygen atoms in total. The second-order valence-corrected chi connectivity index (χ2v) is 7.15. The van der Waals surface area contributed by atoms with E-state index in [0.717, 1.165) is 12.8 Å². The van der Waals surface area contributed by atoms with Crippen molar-refractivity contribution in [1.29, 1.82) is 0 Å². The molecule has 1 aromatic carbocycles. The fourth-order valence-corrected chi connectivity index (χ4v) is 2.78. The molecule has 5 heteroatoms. The highest BCUT2D eigenvalue weighted by Gasteiger charge is 2.17. The highest BCUT2D eigenvalue weighted by Crippen LogP contribution is 2.25. The number of carbonyl (C=O) groups is 1. The molecule has 0 aliphatic heterocycles. The van der Waals surface area contributed by atoms with Crippen LogP contribution >= 0.6 is 0 Å². The fraction of sp³-hybridized carbons (Fsp3) is 0.611. The van der Waals surface area contributed by atoms with E-state index >= 15 is 0 Å². The quantitative estimate of drug-likeness (QED) is 0.742. The maximum absolute atomic E-state index is 14.0. The van der Waals surface area contributed by atoms with E-state index in [1.54, 1.807) is 26.8 Å². The van der Waals surface area contributed by atoms with E-state index in [4.69, 9.17) is 4.74 Å². The summed E-state index contributed by atoms with van der Waals surface area (Å²) < 4.78 is 19.2. The number of rotatable bonds is 3. The van der Waals surface area contributed by atoms with Crippen LogP contribution in [0.25, 0.3) is 0 Å². The summed E-state index contributed by atoms with van der Waals surface area (Å²) in [5.74, 6) is -0.302. The summed E-state index contributed by atoms with van der Waals surface area (Å²) in [5, 5.41) is 5.93. The van der Waals surface area contributed by atoms with Gasteiger partial charge in [-0.25, -0.2) is 9.18 Å². The summed E-state index contributed by atoms with van der Waals surface area (Å²) in [6.07, 6.45) is 6.43. The van der Waals surface area contributed by atoms with Gasteiger partial charge in [-0.3, -0.25) is 5.32 Å². The predicted octanol–water partition coefficient (Wildman–Crippen LogP) is 5.31. The SMILES string of the molecule is CC(C)(C)OC(=O)Nc1ccc(F)c(NC2CCCCCC2)c1. The zero-order valence-corrected chi connectivity index (χ0v) is 14.2. The molecular weight excluding hydrogens is 295 g/mol. The van der Waals surface area contributed by atoms with Gasteiger partial charge >= 0.3 is 6.09 Å². The van der Waals surface area contributed by atoms with Crippen molar-refractivity contribution < 1.29 is 13.9 Å². The minimum Gasteiger partial charge on any atom is -0.444 e. The Bertz CT molecular complexity index is 532. The highest BCUT2D eigenvalue weighted by atomic mass is 19.1. The van der Waals surface area contributed by atoms with E-state index in [1.165, 1.54) is 37.8 Å². The van der Waals surface area contributed by atoms with Gasteiger partial charge in [0.25, 0.3) is 0 Å². The van der Waals surface area contributed by atoms with Crippen LogP contribution in [0, 0.1) is 5.82 Å². The van der Waals surface area contributed by atoms with Gasteiger partial charge in [-0.2, -0.15) is 0 Å². The van der Waals surface area contributed by atoms with E-state index in [-0.39, 0.29) is 5.82 Å². The number of amides is 1. The van der Waals surface area contributed by atoms with E-state index < -0.39 is 11.7 Å². The molecule has 0 radical (unpaired) electrons. The normalized spacial score (nSPS) is 16.5. The summed E-state index contributed by atoms with van der Waals surface area (Å²) in [5.41, 5.74) is 0.396. The first-order chi connectivity index (χ1) is 10.8. The van der Waals surface area contributed by atoms with E-state index in [1.807, 2.05) is 0 Å². The van der Waals surface area contributed by atoms with Crippen LogP contribution in [0.3, 0.4) is 0 Å². The average molecular weight is 322 g/mol. The standard InChI is InChI=1S/C18H27FN2O2/c1-18(2,3)23-17(22)21-14-10-11-15(19)16(12-14)20-13-8-6-4-5-7-9-13/h10-13,20H,4-9H2,1-3H3,(H,21,22). The first kappa shape index (κ1) is 17.6. The van der Waals surface area contributed by atoms with Crippen LogP contribution in [-0.4, -0.2) is 17.7 Å². The Balaban J connectivity index is 2.01. The third-order valence-corrected chi connectivity index (χ3v) is 3.83. The highest BCUT2D eigenvalue weighted by molar-refractivity contribution is 5.85. The largest absolute Gasteiger partial charge is 0.444 e. The van der Waals surface area contributed by atoms with Crippen molar-refractivity contribution in [2.24, 2.45) is 0 Å². The van der Waals surface area contributed by atoms with Crippen molar-refractivity contribution in [2.45, 2.75) is 70.9 Å². The number of anilines is 2. The van der Waals surface area contributed by atoms with Crippen LogP contribution in [0.4, 0.5) is 20.6 Å². The zero-order chi connectivity index (χ0) is 16.9. The lowest BCUT2D eigenvalue weighted by molar-refractivity contribution is 0.0636. The number of nitrogens with one attached hydrogen (secondary N) is 2. The summed E-state index contributed by atoms with van der Waals surface area (Å²) in [7, 11) is 0.